The van der Waals surface area contributed by atoms with E-state index < -0.39 is 0 Å². The number of benzene rings is 1. The van der Waals surface area contributed by atoms with E-state index in [1.807, 2.05) is 7.05 Å². The van der Waals surface area contributed by atoms with Gasteiger partial charge in [0.15, 0.2) is 0 Å². The van der Waals surface area contributed by atoms with Crippen molar-refractivity contribution in [3.05, 3.63) is 33.2 Å². The third kappa shape index (κ3) is 3.34. The second-order valence-electron chi connectivity index (χ2n) is 3.87. The Hall–Kier alpha value is -0.780. The Morgan fingerprint density at radius 3 is 2.82 bits per heavy atom. The first-order valence-electron chi connectivity index (χ1n) is 5.43. The van der Waals surface area contributed by atoms with Crippen LogP contribution in [0.1, 0.15) is 10.6 Å². The number of aromatic nitrogens is 2. The molecule has 0 amide bonds. The highest BCUT2D eigenvalue weighted by atomic mass is 79.9. The van der Waals surface area contributed by atoms with Crippen LogP contribution in [-0.2, 0) is 6.42 Å². The zero-order chi connectivity index (χ0) is 12.3. The molecule has 0 unspecified atom stereocenters. The van der Waals surface area contributed by atoms with E-state index in [0.717, 1.165) is 33.0 Å². The minimum Gasteiger partial charge on any atom is -0.319 e. The molecule has 90 valence electrons. The van der Waals surface area contributed by atoms with Crippen molar-refractivity contribution in [2.75, 3.05) is 13.6 Å². The number of rotatable bonds is 4. The van der Waals surface area contributed by atoms with Crippen molar-refractivity contribution in [1.82, 2.24) is 15.5 Å². The highest BCUT2D eigenvalue weighted by molar-refractivity contribution is 9.10. The predicted octanol–water partition coefficient (Wildman–Crippen LogP) is 3.04. The van der Waals surface area contributed by atoms with E-state index >= 15 is 0 Å². The Morgan fingerprint density at radius 2 is 2.12 bits per heavy atom. The van der Waals surface area contributed by atoms with E-state index in [-0.39, 0.29) is 0 Å². The molecule has 0 atom stereocenters. The number of nitrogens with zero attached hydrogens (tertiary/aromatic N) is 2. The summed E-state index contributed by atoms with van der Waals surface area (Å²) in [5.74, 6) is 0. The Labute approximate surface area is 113 Å². The molecule has 2 rings (SSSR count). The summed E-state index contributed by atoms with van der Waals surface area (Å²) >= 11 is 5.17. The monoisotopic (exact) mass is 311 g/mol. The Balaban J connectivity index is 2.24. The number of halogens is 1. The van der Waals surface area contributed by atoms with Gasteiger partial charge in [0.2, 0.25) is 0 Å². The Bertz CT molecular complexity index is 490. The lowest BCUT2D eigenvalue weighted by atomic mass is 10.1. The maximum atomic E-state index is 4.24. The summed E-state index contributed by atoms with van der Waals surface area (Å²) in [5, 5.41) is 13.6. The van der Waals surface area contributed by atoms with Crippen LogP contribution in [0.4, 0.5) is 0 Å². The summed E-state index contributed by atoms with van der Waals surface area (Å²) in [4.78, 5) is 0. The number of hydrogen-bond donors (Lipinski definition) is 1. The molecular weight excluding hydrogens is 298 g/mol. The van der Waals surface area contributed by atoms with Crippen LogP contribution in [0.25, 0.3) is 10.6 Å². The summed E-state index contributed by atoms with van der Waals surface area (Å²) < 4.78 is 1.08. The van der Waals surface area contributed by atoms with Gasteiger partial charge in [0, 0.05) is 23.0 Å². The molecule has 1 aromatic heterocycles. The second-order valence-corrected chi connectivity index (χ2v) is 5.85. The van der Waals surface area contributed by atoms with Crippen LogP contribution in [-0.4, -0.2) is 23.8 Å². The number of nitrogens with one attached hydrogen (secondary N) is 1. The fourth-order valence-corrected chi connectivity index (χ4v) is 3.00. The van der Waals surface area contributed by atoms with Crippen LogP contribution in [0.2, 0.25) is 0 Å². The molecule has 2 aromatic rings. The van der Waals surface area contributed by atoms with Crippen molar-refractivity contribution in [1.29, 1.82) is 0 Å². The zero-order valence-electron chi connectivity index (χ0n) is 9.83. The third-order valence-corrected chi connectivity index (χ3v) is 3.83. The van der Waals surface area contributed by atoms with Crippen molar-refractivity contribution in [2.45, 2.75) is 13.3 Å². The molecule has 1 aromatic carbocycles. The summed E-state index contributed by atoms with van der Waals surface area (Å²) in [7, 11) is 1.94. The molecule has 1 N–H and O–H groups in total. The van der Waals surface area contributed by atoms with E-state index in [2.05, 4.69) is 56.6 Å². The van der Waals surface area contributed by atoms with Gasteiger partial charge in [0.05, 0.1) is 0 Å². The highest BCUT2D eigenvalue weighted by Crippen LogP contribution is 2.27. The molecule has 0 aliphatic heterocycles. The quantitative estimate of drug-likeness (QED) is 0.943. The van der Waals surface area contributed by atoms with E-state index in [9.17, 15) is 0 Å². The molecule has 0 aliphatic rings. The molecule has 5 heteroatoms. The fraction of sp³-hybridized carbons (Fsp3) is 0.333. The van der Waals surface area contributed by atoms with Crippen molar-refractivity contribution >= 4 is 27.3 Å². The van der Waals surface area contributed by atoms with Crippen LogP contribution in [0.3, 0.4) is 0 Å². The SMILES string of the molecule is CNCCc1nnc(-c2cc(C)cc(Br)c2)s1. The van der Waals surface area contributed by atoms with Crippen molar-refractivity contribution in [2.24, 2.45) is 0 Å². The molecule has 0 aliphatic carbocycles. The van der Waals surface area contributed by atoms with Gasteiger partial charge in [-0.25, -0.2) is 0 Å². The first kappa shape index (κ1) is 12.7. The Morgan fingerprint density at radius 1 is 1.29 bits per heavy atom. The number of aryl methyl sites for hydroxylation is 1. The molecule has 0 saturated heterocycles. The molecule has 3 nitrogen and oxygen atoms in total. The lowest BCUT2D eigenvalue weighted by molar-refractivity contribution is 0.779. The topological polar surface area (TPSA) is 37.8 Å². The van der Waals surface area contributed by atoms with Gasteiger partial charge >= 0.3 is 0 Å². The molecule has 0 saturated carbocycles. The summed E-state index contributed by atoms with van der Waals surface area (Å²) in [6.45, 7) is 3.02. The van der Waals surface area contributed by atoms with Gasteiger partial charge in [0.1, 0.15) is 10.0 Å². The van der Waals surface area contributed by atoms with Gasteiger partial charge < -0.3 is 5.32 Å². The maximum Gasteiger partial charge on any atom is 0.147 e. The van der Waals surface area contributed by atoms with E-state index in [1.165, 1.54) is 5.56 Å². The molecule has 0 bridgehead atoms. The lowest BCUT2D eigenvalue weighted by Gasteiger charge is -1.99. The summed E-state index contributed by atoms with van der Waals surface area (Å²) in [6, 6.07) is 6.30. The fourth-order valence-electron chi connectivity index (χ4n) is 1.56. The molecule has 17 heavy (non-hydrogen) atoms. The van der Waals surface area contributed by atoms with Gasteiger partial charge in [0.25, 0.3) is 0 Å². The maximum absolute atomic E-state index is 4.24. The smallest absolute Gasteiger partial charge is 0.147 e. The minimum atomic E-state index is 0.932. The summed E-state index contributed by atoms with van der Waals surface area (Å²) in [5.41, 5.74) is 2.35. The molecule has 0 fully saturated rings. The standard InChI is InChI=1S/C12H14BrN3S/c1-8-5-9(7-10(13)6-8)12-16-15-11(17-12)3-4-14-2/h5-7,14H,3-4H2,1-2H3. The first-order valence-corrected chi connectivity index (χ1v) is 7.04. The minimum absolute atomic E-state index is 0.932. The van der Waals surface area contributed by atoms with Gasteiger partial charge in [-0.15, -0.1) is 10.2 Å². The zero-order valence-corrected chi connectivity index (χ0v) is 12.2. The van der Waals surface area contributed by atoms with Crippen molar-refractivity contribution in [3.8, 4) is 10.6 Å². The first-order chi connectivity index (χ1) is 8.19. The largest absolute Gasteiger partial charge is 0.319 e. The summed E-state index contributed by atoms with van der Waals surface area (Å²) in [6.07, 6.45) is 0.932. The van der Waals surface area contributed by atoms with Crippen molar-refractivity contribution < 1.29 is 0 Å². The molecule has 1 heterocycles. The normalized spacial score (nSPS) is 10.8. The Kier molecular flexibility index (Phi) is 4.25. The van der Waals surface area contributed by atoms with E-state index in [1.54, 1.807) is 11.3 Å². The van der Waals surface area contributed by atoms with Crippen molar-refractivity contribution in [3.63, 3.8) is 0 Å². The van der Waals surface area contributed by atoms with Gasteiger partial charge in [-0.1, -0.05) is 27.3 Å². The third-order valence-electron chi connectivity index (χ3n) is 2.34. The van der Waals surface area contributed by atoms with Crippen LogP contribution in [0, 0.1) is 6.92 Å². The van der Waals surface area contributed by atoms with Gasteiger partial charge in [-0.3, -0.25) is 0 Å². The van der Waals surface area contributed by atoms with Crippen LogP contribution in [0.15, 0.2) is 22.7 Å². The average Bonchev–Trinajstić information content (AvgIpc) is 2.73. The molecule has 0 spiro atoms. The second kappa shape index (κ2) is 5.71. The number of hydrogen-bond acceptors (Lipinski definition) is 4. The highest BCUT2D eigenvalue weighted by Gasteiger charge is 2.07. The van der Waals surface area contributed by atoms with E-state index in [0.29, 0.717) is 0 Å². The lowest BCUT2D eigenvalue weighted by Crippen LogP contribution is -2.09. The van der Waals surface area contributed by atoms with Crippen LogP contribution < -0.4 is 5.32 Å². The predicted molar refractivity (Wildman–Crippen MR) is 75.4 cm³/mol. The van der Waals surface area contributed by atoms with Gasteiger partial charge in [-0.05, 0) is 37.7 Å². The molecular formula is C12H14BrN3S. The van der Waals surface area contributed by atoms with Crippen LogP contribution >= 0.6 is 27.3 Å². The van der Waals surface area contributed by atoms with E-state index in [4.69, 9.17) is 0 Å². The molecule has 0 radical (unpaired) electrons. The average molecular weight is 312 g/mol. The number of likely N-dealkylation sites (N-methyl/N-ethyl adjacent to an activating group) is 1. The van der Waals surface area contributed by atoms with Gasteiger partial charge in [-0.2, -0.15) is 0 Å². The van der Waals surface area contributed by atoms with Crippen LogP contribution in [0.5, 0.6) is 0 Å².